The van der Waals surface area contributed by atoms with Crippen LogP contribution in [-0.4, -0.2) is 27.8 Å². The Labute approximate surface area is 127 Å². The Morgan fingerprint density at radius 1 is 1.32 bits per heavy atom. The number of hydrogen-bond acceptors (Lipinski definition) is 4. The second-order valence-corrected chi connectivity index (χ2v) is 5.04. The molecule has 1 amide bonds. The van der Waals surface area contributed by atoms with Crippen molar-refractivity contribution in [2.45, 2.75) is 6.92 Å². The van der Waals surface area contributed by atoms with E-state index in [1.165, 1.54) is 0 Å². The van der Waals surface area contributed by atoms with E-state index in [-0.39, 0.29) is 5.91 Å². The molecule has 0 spiro atoms. The molecule has 2 heterocycles. The van der Waals surface area contributed by atoms with Crippen LogP contribution in [-0.2, 0) is 7.05 Å². The van der Waals surface area contributed by atoms with E-state index in [9.17, 15) is 4.79 Å². The fourth-order valence-electron chi connectivity index (χ4n) is 2.29. The van der Waals surface area contributed by atoms with Crippen LogP contribution in [0, 0.1) is 6.92 Å². The monoisotopic (exact) mass is 296 g/mol. The summed E-state index contributed by atoms with van der Waals surface area (Å²) in [7, 11) is 3.41. The first kappa shape index (κ1) is 14.1. The van der Waals surface area contributed by atoms with Crippen LogP contribution >= 0.6 is 0 Å². The van der Waals surface area contributed by atoms with Gasteiger partial charge in [0.05, 0.1) is 35.8 Å². The molecule has 0 unspecified atom stereocenters. The van der Waals surface area contributed by atoms with E-state index >= 15 is 0 Å². The molecule has 0 aliphatic heterocycles. The van der Waals surface area contributed by atoms with Crippen molar-refractivity contribution in [1.29, 1.82) is 0 Å². The van der Waals surface area contributed by atoms with Crippen molar-refractivity contribution in [3.8, 4) is 5.75 Å². The standard InChI is InChI=1S/C16H16N4O2/c1-10-14(16(21)19-12-8-17-20(2)9-12)7-11-6-13(22-3)4-5-15(11)18-10/h4-9H,1-3H3,(H,19,21). The fourth-order valence-corrected chi connectivity index (χ4v) is 2.29. The minimum atomic E-state index is -0.206. The van der Waals surface area contributed by atoms with Gasteiger partial charge in [-0.15, -0.1) is 0 Å². The van der Waals surface area contributed by atoms with E-state index in [1.807, 2.05) is 31.2 Å². The summed E-state index contributed by atoms with van der Waals surface area (Å²) >= 11 is 0. The molecule has 112 valence electrons. The molecular formula is C16H16N4O2. The van der Waals surface area contributed by atoms with Crippen molar-refractivity contribution in [3.63, 3.8) is 0 Å². The number of benzene rings is 1. The number of aryl methyl sites for hydroxylation is 2. The lowest BCUT2D eigenvalue weighted by molar-refractivity contribution is 0.102. The zero-order valence-electron chi connectivity index (χ0n) is 12.6. The number of rotatable bonds is 3. The molecule has 3 aromatic rings. The van der Waals surface area contributed by atoms with Crippen LogP contribution in [0.3, 0.4) is 0 Å². The summed E-state index contributed by atoms with van der Waals surface area (Å²) in [4.78, 5) is 16.9. The predicted molar refractivity (Wildman–Crippen MR) is 84.2 cm³/mol. The number of methoxy groups -OCH3 is 1. The van der Waals surface area contributed by atoms with Crippen LogP contribution in [0.1, 0.15) is 16.1 Å². The Morgan fingerprint density at radius 3 is 2.82 bits per heavy atom. The van der Waals surface area contributed by atoms with Gasteiger partial charge in [0.15, 0.2) is 0 Å². The summed E-state index contributed by atoms with van der Waals surface area (Å²) in [6.45, 7) is 1.82. The molecule has 0 aliphatic rings. The number of aromatic nitrogens is 3. The molecule has 0 saturated carbocycles. The third-order valence-corrected chi connectivity index (χ3v) is 3.42. The summed E-state index contributed by atoms with van der Waals surface area (Å²) in [5, 5.41) is 7.71. The molecular weight excluding hydrogens is 280 g/mol. The van der Waals surface area contributed by atoms with Gasteiger partial charge in [0.25, 0.3) is 5.91 Å². The van der Waals surface area contributed by atoms with Gasteiger partial charge in [-0.3, -0.25) is 14.5 Å². The van der Waals surface area contributed by atoms with E-state index in [1.54, 1.807) is 31.2 Å². The lowest BCUT2D eigenvalue weighted by atomic mass is 10.1. The van der Waals surface area contributed by atoms with Crippen LogP contribution in [0.15, 0.2) is 36.7 Å². The molecule has 2 aromatic heterocycles. The lowest BCUT2D eigenvalue weighted by Crippen LogP contribution is -2.13. The highest BCUT2D eigenvalue weighted by atomic mass is 16.5. The van der Waals surface area contributed by atoms with E-state index in [0.29, 0.717) is 16.9 Å². The SMILES string of the molecule is COc1ccc2nc(C)c(C(=O)Nc3cnn(C)c3)cc2c1. The highest BCUT2D eigenvalue weighted by molar-refractivity contribution is 6.06. The first-order valence-corrected chi connectivity index (χ1v) is 6.82. The molecule has 1 N–H and O–H groups in total. The average Bonchev–Trinajstić information content (AvgIpc) is 2.91. The van der Waals surface area contributed by atoms with E-state index in [0.717, 1.165) is 16.7 Å². The molecule has 6 heteroatoms. The zero-order valence-corrected chi connectivity index (χ0v) is 12.6. The van der Waals surface area contributed by atoms with Crippen molar-refractivity contribution < 1.29 is 9.53 Å². The molecule has 6 nitrogen and oxygen atoms in total. The van der Waals surface area contributed by atoms with Crippen LogP contribution in [0.5, 0.6) is 5.75 Å². The van der Waals surface area contributed by atoms with Crippen LogP contribution in [0.2, 0.25) is 0 Å². The van der Waals surface area contributed by atoms with Crippen molar-refractivity contribution in [2.24, 2.45) is 7.05 Å². The second kappa shape index (κ2) is 5.48. The summed E-state index contributed by atoms with van der Waals surface area (Å²) in [5.74, 6) is 0.527. The molecule has 0 radical (unpaired) electrons. The minimum Gasteiger partial charge on any atom is -0.497 e. The summed E-state index contributed by atoms with van der Waals surface area (Å²) < 4.78 is 6.84. The lowest BCUT2D eigenvalue weighted by Gasteiger charge is -2.08. The number of pyridine rings is 1. The zero-order chi connectivity index (χ0) is 15.7. The number of amides is 1. The van der Waals surface area contributed by atoms with Crippen molar-refractivity contribution in [2.75, 3.05) is 12.4 Å². The number of carbonyl (C=O) groups excluding carboxylic acids is 1. The topological polar surface area (TPSA) is 69.0 Å². The van der Waals surface area contributed by atoms with Crippen LogP contribution < -0.4 is 10.1 Å². The highest BCUT2D eigenvalue weighted by Gasteiger charge is 2.13. The number of carbonyl (C=O) groups is 1. The maximum atomic E-state index is 12.4. The number of nitrogens with zero attached hydrogens (tertiary/aromatic N) is 3. The fraction of sp³-hybridized carbons (Fsp3) is 0.188. The van der Waals surface area contributed by atoms with E-state index < -0.39 is 0 Å². The largest absolute Gasteiger partial charge is 0.497 e. The van der Waals surface area contributed by atoms with Gasteiger partial charge < -0.3 is 10.1 Å². The molecule has 3 rings (SSSR count). The number of hydrogen-bond donors (Lipinski definition) is 1. The molecule has 1 aromatic carbocycles. The van der Waals surface area contributed by atoms with Gasteiger partial charge in [0.1, 0.15) is 5.75 Å². The number of fused-ring (bicyclic) bond motifs is 1. The summed E-state index contributed by atoms with van der Waals surface area (Å²) in [5.41, 5.74) is 2.69. The summed E-state index contributed by atoms with van der Waals surface area (Å²) in [6, 6.07) is 7.42. The minimum absolute atomic E-state index is 0.206. The Hall–Kier alpha value is -2.89. The average molecular weight is 296 g/mol. The van der Waals surface area contributed by atoms with Gasteiger partial charge in [-0.1, -0.05) is 0 Å². The normalized spacial score (nSPS) is 10.7. The van der Waals surface area contributed by atoms with Gasteiger partial charge in [0.2, 0.25) is 0 Å². The van der Waals surface area contributed by atoms with E-state index in [4.69, 9.17) is 4.74 Å². The quantitative estimate of drug-likeness (QED) is 0.806. The van der Waals surface area contributed by atoms with Gasteiger partial charge in [-0.05, 0) is 31.2 Å². The molecule has 0 fully saturated rings. The van der Waals surface area contributed by atoms with Crippen LogP contribution in [0.25, 0.3) is 10.9 Å². The first-order valence-electron chi connectivity index (χ1n) is 6.82. The van der Waals surface area contributed by atoms with Gasteiger partial charge in [-0.25, -0.2) is 0 Å². The predicted octanol–water partition coefficient (Wildman–Crippen LogP) is 2.54. The van der Waals surface area contributed by atoms with Gasteiger partial charge in [-0.2, -0.15) is 5.10 Å². The van der Waals surface area contributed by atoms with E-state index in [2.05, 4.69) is 15.4 Å². The van der Waals surface area contributed by atoms with Gasteiger partial charge >= 0.3 is 0 Å². The maximum absolute atomic E-state index is 12.4. The molecule has 0 bridgehead atoms. The summed E-state index contributed by atoms with van der Waals surface area (Å²) in [6.07, 6.45) is 3.34. The first-order chi connectivity index (χ1) is 10.6. The Kier molecular flexibility index (Phi) is 3.50. The number of ether oxygens (including phenoxy) is 1. The number of nitrogens with one attached hydrogen (secondary N) is 1. The molecule has 22 heavy (non-hydrogen) atoms. The highest BCUT2D eigenvalue weighted by Crippen LogP contribution is 2.22. The van der Waals surface area contributed by atoms with Crippen molar-refractivity contribution in [1.82, 2.24) is 14.8 Å². The third-order valence-electron chi connectivity index (χ3n) is 3.42. The Bertz CT molecular complexity index is 854. The molecule has 0 atom stereocenters. The Balaban J connectivity index is 1.98. The third kappa shape index (κ3) is 2.63. The van der Waals surface area contributed by atoms with Crippen LogP contribution in [0.4, 0.5) is 5.69 Å². The second-order valence-electron chi connectivity index (χ2n) is 5.04. The maximum Gasteiger partial charge on any atom is 0.257 e. The Morgan fingerprint density at radius 2 is 2.14 bits per heavy atom. The number of anilines is 1. The smallest absolute Gasteiger partial charge is 0.257 e. The van der Waals surface area contributed by atoms with Crippen molar-refractivity contribution in [3.05, 3.63) is 47.9 Å². The molecule has 0 aliphatic carbocycles. The van der Waals surface area contributed by atoms with Gasteiger partial charge in [0, 0.05) is 18.6 Å². The molecule has 0 saturated heterocycles. The van der Waals surface area contributed by atoms with Crippen molar-refractivity contribution >= 4 is 22.5 Å².